The van der Waals surface area contributed by atoms with Crippen molar-refractivity contribution in [1.82, 2.24) is 24.9 Å². The topological polar surface area (TPSA) is 85.4 Å². The molecule has 0 aliphatic carbocycles. The molecule has 0 spiro atoms. The highest BCUT2D eigenvalue weighted by Gasteiger charge is 2.53. The Morgan fingerprint density at radius 2 is 1.56 bits per heavy atom. The summed E-state index contributed by atoms with van der Waals surface area (Å²) in [6.45, 7) is 21.0. The number of hydrogen-bond acceptors (Lipinski definition) is 6. The molecule has 0 saturated carbocycles. The van der Waals surface area contributed by atoms with Crippen molar-refractivity contribution in [2.45, 2.75) is 111 Å². The third-order valence-electron chi connectivity index (χ3n) is 10.5. The van der Waals surface area contributed by atoms with Gasteiger partial charge in [-0.15, -0.1) is 0 Å². The lowest BCUT2D eigenvalue weighted by Crippen LogP contribution is -2.56. The fraction of sp³-hybridized carbons (Fsp3) is 0.735. The molecule has 5 aliphatic rings. The molecule has 5 heterocycles. The Morgan fingerprint density at radius 1 is 0.907 bits per heavy atom. The molecule has 2 fully saturated rings. The zero-order chi connectivity index (χ0) is 31.2. The van der Waals surface area contributed by atoms with Crippen LogP contribution in [0.15, 0.2) is 35.4 Å². The summed E-state index contributed by atoms with van der Waals surface area (Å²) in [5.74, 6) is 2.00. The normalized spacial score (nSPS) is 32.0. The van der Waals surface area contributed by atoms with Crippen molar-refractivity contribution in [1.29, 1.82) is 0 Å². The highest BCUT2D eigenvalue weighted by atomic mass is 16.5. The molecule has 5 rings (SSSR count). The van der Waals surface area contributed by atoms with E-state index in [2.05, 4.69) is 80.3 Å². The van der Waals surface area contributed by atoms with Gasteiger partial charge in [-0.2, -0.15) is 0 Å². The average Bonchev–Trinajstić information content (AvgIpc) is 3.75. The number of nitrogens with zero attached hydrogens (tertiary/aromatic N) is 4. The number of amides is 3. The Morgan fingerprint density at radius 3 is 2.21 bits per heavy atom. The maximum atomic E-state index is 13.5. The Bertz CT molecular complexity index is 1210. The summed E-state index contributed by atoms with van der Waals surface area (Å²) in [5.41, 5.74) is 1.65. The fourth-order valence-electron chi connectivity index (χ4n) is 7.94. The summed E-state index contributed by atoms with van der Waals surface area (Å²) in [4.78, 5) is 48.0. The van der Waals surface area contributed by atoms with Crippen LogP contribution >= 0.6 is 0 Å². The van der Waals surface area contributed by atoms with Crippen LogP contribution in [0, 0.1) is 17.8 Å². The molecule has 43 heavy (non-hydrogen) atoms. The van der Waals surface area contributed by atoms with E-state index in [0.29, 0.717) is 25.0 Å². The van der Waals surface area contributed by atoms with Gasteiger partial charge in [0.15, 0.2) is 0 Å². The first kappa shape index (κ1) is 31.5. The molecule has 3 amide bonds. The second-order valence-corrected chi connectivity index (χ2v) is 14.4. The van der Waals surface area contributed by atoms with Crippen molar-refractivity contribution in [2.24, 2.45) is 17.8 Å². The van der Waals surface area contributed by atoms with E-state index in [-0.39, 0.29) is 47.8 Å². The largest absolute Gasteiger partial charge is 0.495 e. The molecule has 238 valence electrons. The number of likely N-dealkylation sites (tertiary alicyclic amines) is 2. The first-order chi connectivity index (χ1) is 20.3. The molecule has 0 aromatic carbocycles. The van der Waals surface area contributed by atoms with Gasteiger partial charge >= 0.3 is 0 Å². The molecule has 9 heteroatoms. The molecule has 1 N–H and O–H groups in total. The third kappa shape index (κ3) is 5.80. The molecule has 6 atom stereocenters. The van der Waals surface area contributed by atoms with Crippen LogP contribution < -0.4 is 5.32 Å². The second kappa shape index (κ2) is 12.2. The Kier molecular flexibility index (Phi) is 8.92. The summed E-state index contributed by atoms with van der Waals surface area (Å²) >= 11 is 0. The van der Waals surface area contributed by atoms with E-state index in [1.807, 2.05) is 6.08 Å². The van der Waals surface area contributed by atoms with Crippen molar-refractivity contribution in [2.75, 3.05) is 32.8 Å². The zero-order valence-corrected chi connectivity index (χ0v) is 27.6. The van der Waals surface area contributed by atoms with Crippen LogP contribution in [0.3, 0.4) is 0 Å². The van der Waals surface area contributed by atoms with Gasteiger partial charge in [-0.1, -0.05) is 48.0 Å². The average molecular weight is 596 g/mol. The lowest BCUT2D eigenvalue weighted by atomic mass is 9.82. The van der Waals surface area contributed by atoms with E-state index in [9.17, 15) is 14.4 Å². The minimum absolute atomic E-state index is 0.0167. The summed E-state index contributed by atoms with van der Waals surface area (Å²) in [6, 6.07) is 0.177. The van der Waals surface area contributed by atoms with E-state index < -0.39 is 5.54 Å². The minimum atomic E-state index is -0.481. The lowest BCUT2D eigenvalue weighted by Gasteiger charge is -2.45. The molecule has 0 aromatic rings. The number of carbonyl (C=O) groups excluding carboxylic acids is 3. The Balaban J connectivity index is 1.25. The van der Waals surface area contributed by atoms with E-state index in [4.69, 9.17) is 4.74 Å². The van der Waals surface area contributed by atoms with E-state index in [1.165, 1.54) is 0 Å². The Labute approximate surface area is 258 Å². The molecule has 9 nitrogen and oxygen atoms in total. The van der Waals surface area contributed by atoms with Crippen LogP contribution in [0.1, 0.15) is 81.1 Å². The van der Waals surface area contributed by atoms with Gasteiger partial charge in [0.2, 0.25) is 11.8 Å². The molecule has 0 radical (unpaired) electrons. The van der Waals surface area contributed by atoms with Crippen molar-refractivity contribution >= 4 is 17.7 Å². The molecule has 0 aromatic heterocycles. The number of carbonyl (C=O) groups is 3. The lowest BCUT2D eigenvalue weighted by molar-refractivity contribution is -0.133. The van der Waals surface area contributed by atoms with Crippen molar-refractivity contribution in [3.8, 4) is 0 Å². The maximum absolute atomic E-state index is 13.5. The van der Waals surface area contributed by atoms with Gasteiger partial charge in [-0.25, -0.2) is 0 Å². The summed E-state index contributed by atoms with van der Waals surface area (Å²) in [5, 5.41) is 3.11. The summed E-state index contributed by atoms with van der Waals surface area (Å²) in [7, 11) is 0. The van der Waals surface area contributed by atoms with Crippen molar-refractivity contribution in [3.05, 3.63) is 35.4 Å². The molecular weight excluding hydrogens is 542 g/mol. The van der Waals surface area contributed by atoms with Gasteiger partial charge in [0.1, 0.15) is 11.3 Å². The predicted octanol–water partition coefficient (Wildman–Crippen LogP) is 3.88. The van der Waals surface area contributed by atoms with E-state index in [0.717, 1.165) is 62.5 Å². The molecular formula is C34H53N5O4. The van der Waals surface area contributed by atoms with Crippen LogP contribution in [0.2, 0.25) is 0 Å². The SMILES string of the molecule is CC[C@H](C)[C@@]1(C)C(OCC(C)C)=CC(=O)N1C1CCN(C2=CC(=O)N(C3CCN(C4=CC(=O)N[C@H]4CC(C)C)C3)[C@H]2C)C1. The maximum Gasteiger partial charge on any atom is 0.251 e. The monoisotopic (exact) mass is 595 g/mol. The van der Waals surface area contributed by atoms with Gasteiger partial charge in [0.25, 0.3) is 5.91 Å². The first-order valence-electron chi connectivity index (χ1n) is 16.6. The highest BCUT2D eigenvalue weighted by Crippen LogP contribution is 2.43. The van der Waals surface area contributed by atoms with Gasteiger partial charge in [-0.05, 0) is 50.9 Å². The smallest absolute Gasteiger partial charge is 0.251 e. The summed E-state index contributed by atoms with van der Waals surface area (Å²) in [6.07, 6.45) is 8.91. The van der Waals surface area contributed by atoms with Crippen LogP contribution in [0.5, 0.6) is 0 Å². The van der Waals surface area contributed by atoms with Crippen molar-refractivity contribution in [3.63, 3.8) is 0 Å². The number of ether oxygens (including phenoxy) is 1. The Hall–Kier alpha value is -2.97. The first-order valence-corrected chi connectivity index (χ1v) is 16.6. The highest BCUT2D eigenvalue weighted by molar-refractivity contribution is 5.93. The zero-order valence-electron chi connectivity index (χ0n) is 27.6. The van der Waals surface area contributed by atoms with Crippen LogP contribution in [0.25, 0.3) is 0 Å². The van der Waals surface area contributed by atoms with Crippen LogP contribution in [-0.4, -0.2) is 99.8 Å². The van der Waals surface area contributed by atoms with E-state index in [1.54, 1.807) is 12.2 Å². The number of nitrogens with one attached hydrogen (secondary N) is 1. The predicted molar refractivity (Wildman–Crippen MR) is 167 cm³/mol. The number of rotatable bonds is 11. The van der Waals surface area contributed by atoms with Crippen LogP contribution in [-0.2, 0) is 19.1 Å². The third-order valence-corrected chi connectivity index (χ3v) is 10.5. The quantitative estimate of drug-likeness (QED) is 0.390. The molecule has 2 saturated heterocycles. The van der Waals surface area contributed by atoms with Gasteiger partial charge in [0, 0.05) is 55.8 Å². The van der Waals surface area contributed by atoms with Gasteiger partial charge in [0.05, 0.1) is 30.8 Å². The fourth-order valence-corrected chi connectivity index (χ4v) is 7.94. The second-order valence-electron chi connectivity index (χ2n) is 14.4. The number of hydrogen-bond donors (Lipinski definition) is 1. The molecule has 5 aliphatic heterocycles. The molecule has 0 bridgehead atoms. The van der Waals surface area contributed by atoms with Gasteiger partial charge in [-0.3, -0.25) is 14.4 Å². The molecule has 2 unspecified atom stereocenters. The van der Waals surface area contributed by atoms with Crippen LogP contribution in [0.4, 0.5) is 0 Å². The van der Waals surface area contributed by atoms with Gasteiger partial charge < -0.3 is 29.7 Å². The standard InChI is InChI=1S/C34H53N5O4/c1-9-23(6)34(8)30(43-20-22(4)5)17-33(42)39(34)26-11-13-36(19-26)28-16-32(41)38(24(28)7)25-10-12-37(18-25)29-15-31(40)35-27(29)14-21(2)3/h15-17,21-27H,9-14,18-20H2,1-8H3,(H,35,40)/t23-,24-,25?,26?,27-,34-/m0/s1. The minimum Gasteiger partial charge on any atom is -0.495 e. The summed E-state index contributed by atoms with van der Waals surface area (Å²) < 4.78 is 6.26. The van der Waals surface area contributed by atoms with E-state index >= 15 is 0 Å². The van der Waals surface area contributed by atoms with Crippen molar-refractivity contribution < 1.29 is 19.1 Å².